The lowest BCUT2D eigenvalue weighted by Crippen LogP contribution is -2.32. The second-order valence-electron chi connectivity index (χ2n) is 6.34. The molecule has 112 valence electrons. The number of aliphatic hydroxyl groups excluding tert-OH is 1. The van der Waals surface area contributed by atoms with Gasteiger partial charge in [-0.25, -0.2) is 0 Å². The fourth-order valence-electron chi connectivity index (χ4n) is 3.42. The summed E-state index contributed by atoms with van der Waals surface area (Å²) in [5.74, 6) is 0.612. The van der Waals surface area contributed by atoms with Crippen LogP contribution in [0, 0.1) is 33.6 Å². The average Bonchev–Trinajstić information content (AvgIpc) is 2.34. The van der Waals surface area contributed by atoms with E-state index in [4.69, 9.17) is 4.74 Å². The molecular formula is C18H28O2. The minimum Gasteiger partial charge on any atom is -0.388 e. The van der Waals surface area contributed by atoms with Crippen LogP contribution in [0.5, 0.6) is 0 Å². The van der Waals surface area contributed by atoms with E-state index in [0.717, 1.165) is 31.4 Å². The molecule has 0 heterocycles. The molecule has 0 bridgehead atoms. The Bertz CT molecular complexity index is 447. The molecule has 2 rings (SSSR count). The molecule has 1 aromatic carbocycles. The van der Waals surface area contributed by atoms with E-state index in [9.17, 15) is 5.11 Å². The molecule has 1 unspecified atom stereocenters. The molecule has 1 atom stereocenters. The van der Waals surface area contributed by atoms with Crippen LogP contribution < -0.4 is 0 Å². The zero-order valence-corrected chi connectivity index (χ0v) is 13.5. The quantitative estimate of drug-likeness (QED) is 0.875. The number of hydrogen-bond acceptors (Lipinski definition) is 2. The van der Waals surface area contributed by atoms with E-state index in [2.05, 4.69) is 33.8 Å². The van der Waals surface area contributed by atoms with Crippen molar-refractivity contribution in [3.8, 4) is 0 Å². The summed E-state index contributed by atoms with van der Waals surface area (Å²) < 4.78 is 5.60. The first kappa shape index (κ1) is 15.5. The molecule has 0 radical (unpaired) electrons. The normalized spacial score (nSPS) is 23.5. The molecular weight excluding hydrogens is 248 g/mol. The van der Waals surface area contributed by atoms with Crippen LogP contribution in [0.25, 0.3) is 0 Å². The third kappa shape index (κ3) is 3.07. The molecule has 0 spiro atoms. The van der Waals surface area contributed by atoms with Crippen molar-refractivity contribution >= 4 is 0 Å². The van der Waals surface area contributed by atoms with Crippen LogP contribution in [0.2, 0.25) is 0 Å². The summed E-state index contributed by atoms with van der Waals surface area (Å²) in [5, 5.41) is 10.6. The fraction of sp³-hybridized carbons (Fsp3) is 0.667. The van der Waals surface area contributed by atoms with E-state index in [0.29, 0.717) is 12.0 Å². The van der Waals surface area contributed by atoms with Gasteiger partial charge in [-0.2, -0.15) is 0 Å². The highest BCUT2D eigenvalue weighted by molar-refractivity contribution is 5.45. The maximum atomic E-state index is 10.6. The minimum absolute atomic E-state index is 0.332. The lowest BCUT2D eigenvalue weighted by atomic mass is 9.76. The summed E-state index contributed by atoms with van der Waals surface area (Å²) >= 11 is 0. The van der Waals surface area contributed by atoms with Crippen molar-refractivity contribution < 1.29 is 9.84 Å². The molecule has 0 amide bonds. The summed E-state index contributed by atoms with van der Waals surface area (Å²) in [6.07, 6.45) is 3.18. The fourth-order valence-corrected chi connectivity index (χ4v) is 3.42. The summed E-state index contributed by atoms with van der Waals surface area (Å²) in [7, 11) is 0. The Kier molecular flexibility index (Phi) is 4.87. The summed E-state index contributed by atoms with van der Waals surface area (Å²) in [6.45, 7) is 11.4. The van der Waals surface area contributed by atoms with Gasteiger partial charge >= 0.3 is 0 Å². The van der Waals surface area contributed by atoms with E-state index in [1.165, 1.54) is 22.3 Å². The standard InChI is InChI=1S/C18H28O2/c1-6-20-16-8-15(9-16)10-17(19)18-13(4)11(2)7-12(3)14(18)5/h7,15-17,19H,6,8-10H2,1-5H3. The molecule has 1 fully saturated rings. The van der Waals surface area contributed by atoms with Crippen molar-refractivity contribution in [3.05, 3.63) is 33.9 Å². The minimum atomic E-state index is -0.332. The van der Waals surface area contributed by atoms with Crippen LogP contribution in [-0.4, -0.2) is 17.8 Å². The number of aryl methyl sites for hydroxylation is 2. The van der Waals surface area contributed by atoms with E-state index in [-0.39, 0.29) is 6.10 Å². The highest BCUT2D eigenvalue weighted by atomic mass is 16.5. The van der Waals surface area contributed by atoms with Gasteiger partial charge in [0.2, 0.25) is 0 Å². The van der Waals surface area contributed by atoms with Crippen LogP contribution in [0.4, 0.5) is 0 Å². The third-order valence-corrected chi connectivity index (χ3v) is 4.91. The van der Waals surface area contributed by atoms with Crippen LogP contribution in [0.15, 0.2) is 6.07 Å². The van der Waals surface area contributed by atoms with Gasteiger partial charge in [-0.05, 0) is 87.6 Å². The second-order valence-corrected chi connectivity index (χ2v) is 6.34. The largest absolute Gasteiger partial charge is 0.388 e. The van der Waals surface area contributed by atoms with Gasteiger partial charge in [-0.15, -0.1) is 0 Å². The maximum Gasteiger partial charge on any atom is 0.0798 e. The predicted octanol–water partition coefficient (Wildman–Crippen LogP) is 4.16. The van der Waals surface area contributed by atoms with Gasteiger partial charge in [0.1, 0.15) is 0 Å². The molecule has 2 heteroatoms. The molecule has 1 saturated carbocycles. The molecule has 1 N–H and O–H groups in total. The van der Waals surface area contributed by atoms with Crippen molar-refractivity contribution in [2.75, 3.05) is 6.61 Å². The zero-order valence-electron chi connectivity index (χ0n) is 13.5. The molecule has 2 nitrogen and oxygen atoms in total. The SMILES string of the molecule is CCOC1CC(CC(O)c2c(C)c(C)cc(C)c2C)C1. The molecule has 0 aromatic heterocycles. The van der Waals surface area contributed by atoms with Crippen LogP contribution >= 0.6 is 0 Å². The van der Waals surface area contributed by atoms with Crippen LogP contribution in [-0.2, 0) is 4.74 Å². The number of ether oxygens (including phenoxy) is 1. The Morgan fingerprint density at radius 3 is 2.20 bits per heavy atom. The van der Waals surface area contributed by atoms with Gasteiger partial charge in [0, 0.05) is 6.61 Å². The maximum absolute atomic E-state index is 10.6. The zero-order chi connectivity index (χ0) is 14.9. The Morgan fingerprint density at radius 1 is 1.15 bits per heavy atom. The monoisotopic (exact) mass is 276 g/mol. The third-order valence-electron chi connectivity index (χ3n) is 4.91. The molecule has 20 heavy (non-hydrogen) atoms. The van der Waals surface area contributed by atoms with Gasteiger partial charge in [0.25, 0.3) is 0 Å². The Balaban J connectivity index is 2.05. The lowest BCUT2D eigenvalue weighted by Gasteiger charge is -2.36. The van der Waals surface area contributed by atoms with Gasteiger partial charge in [0.05, 0.1) is 12.2 Å². The van der Waals surface area contributed by atoms with Gasteiger partial charge in [-0.3, -0.25) is 0 Å². The molecule has 0 saturated heterocycles. The van der Waals surface area contributed by atoms with Crippen LogP contribution in [0.1, 0.15) is 60.1 Å². The van der Waals surface area contributed by atoms with Crippen molar-refractivity contribution in [1.29, 1.82) is 0 Å². The van der Waals surface area contributed by atoms with E-state index < -0.39 is 0 Å². The highest BCUT2D eigenvalue weighted by Crippen LogP contribution is 2.39. The summed E-state index contributed by atoms with van der Waals surface area (Å²) in [4.78, 5) is 0. The molecule has 0 aliphatic heterocycles. The Morgan fingerprint density at radius 2 is 1.70 bits per heavy atom. The number of hydrogen-bond donors (Lipinski definition) is 1. The van der Waals surface area contributed by atoms with Gasteiger partial charge < -0.3 is 9.84 Å². The number of rotatable bonds is 5. The van der Waals surface area contributed by atoms with Gasteiger partial charge in [0.15, 0.2) is 0 Å². The van der Waals surface area contributed by atoms with Gasteiger partial charge in [-0.1, -0.05) is 6.07 Å². The van der Waals surface area contributed by atoms with Crippen molar-refractivity contribution in [3.63, 3.8) is 0 Å². The molecule has 1 aliphatic rings. The lowest BCUT2D eigenvalue weighted by molar-refractivity contribution is -0.0381. The highest BCUT2D eigenvalue weighted by Gasteiger charge is 2.32. The first-order chi connectivity index (χ1) is 9.43. The number of aliphatic hydroxyl groups is 1. The Labute approximate surface area is 123 Å². The first-order valence-electron chi connectivity index (χ1n) is 7.81. The smallest absolute Gasteiger partial charge is 0.0798 e. The van der Waals surface area contributed by atoms with E-state index in [1.807, 2.05) is 6.92 Å². The summed E-state index contributed by atoms with van der Waals surface area (Å²) in [6, 6.07) is 2.22. The van der Waals surface area contributed by atoms with Crippen molar-refractivity contribution in [2.24, 2.45) is 5.92 Å². The average molecular weight is 276 g/mol. The molecule has 1 aliphatic carbocycles. The first-order valence-corrected chi connectivity index (χ1v) is 7.81. The number of benzene rings is 1. The second kappa shape index (κ2) is 6.28. The van der Waals surface area contributed by atoms with Crippen LogP contribution in [0.3, 0.4) is 0 Å². The van der Waals surface area contributed by atoms with E-state index in [1.54, 1.807) is 0 Å². The van der Waals surface area contributed by atoms with Crippen molar-refractivity contribution in [2.45, 2.75) is 66.1 Å². The topological polar surface area (TPSA) is 29.5 Å². The van der Waals surface area contributed by atoms with E-state index >= 15 is 0 Å². The Hall–Kier alpha value is -0.860. The molecule has 1 aromatic rings. The van der Waals surface area contributed by atoms with Crippen molar-refractivity contribution in [1.82, 2.24) is 0 Å². The predicted molar refractivity (Wildman–Crippen MR) is 83.1 cm³/mol. The summed E-state index contributed by atoms with van der Waals surface area (Å²) in [5.41, 5.74) is 6.22.